The normalized spacial score (nSPS) is 29.9. The van der Waals surface area contributed by atoms with Gasteiger partial charge in [0.25, 0.3) is 0 Å². The van der Waals surface area contributed by atoms with Crippen molar-refractivity contribution in [2.75, 3.05) is 55.7 Å². The van der Waals surface area contributed by atoms with Crippen LogP contribution in [-0.4, -0.2) is 96.5 Å². The Morgan fingerprint density at radius 1 is 0.978 bits per heavy atom. The number of hydrogen-bond acceptors (Lipinski definition) is 11. The third-order valence-corrected chi connectivity index (χ3v) is 10.1. The van der Waals surface area contributed by atoms with Crippen LogP contribution in [0.1, 0.15) is 24.8 Å². The van der Waals surface area contributed by atoms with Crippen LogP contribution in [0.15, 0.2) is 58.5 Å². The van der Waals surface area contributed by atoms with Crippen molar-refractivity contribution < 1.29 is 42.7 Å². The van der Waals surface area contributed by atoms with Gasteiger partial charge in [0.1, 0.15) is 18.0 Å². The van der Waals surface area contributed by atoms with Gasteiger partial charge in [-0.15, -0.1) is 0 Å². The van der Waals surface area contributed by atoms with Crippen LogP contribution in [-0.2, 0) is 28.5 Å². The standard InChI is InChI=1S/C35H42N2O9/c1-40-21-8-9-22-23-11-12-37-18-20-15-29(46-30(38)10-7-19-13-27(41-2)33(43-4)28(14-19)42-3)34(44-5)31(35(39)45-6)24(20)17-26(37)32(23)36-25(22)16-21/h7-10,13-14,16,20,22,24,26,29,31,34H,11-12,15,17-18H2,1-6H3/b10-7+/t20-,22?,24+,26-,29-,31+,34+/m1/s1. The van der Waals surface area contributed by atoms with Gasteiger partial charge in [0.2, 0.25) is 5.75 Å². The van der Waals surface area contributed by atoms with E-state index in [4.69, 9.17) is 38.2 Å². The number of benzene rings is 1. The number of nitrogens with zero attached hydrogens (tertiary/aromatic N) is 2. The highest BCUT2D eigenvalue weighted by Gasteiger charge is 2.55. The van der Waals surface area contributed by atoms with Gasteiger partial charge in [0.05, 0.1) is 58.9 Å². The number of esters is 2. The first-order chi connectivity index (χ1) is 22.3. The summed E-state index contributed by atoms with van der Waals surface area (Å²) in [7, 11) is 9.22. The molecule has 0 spiro atoms. The summed E-state index contributed by atoms with van der Waals surface area (Å²) >= 11 is 0. The molecule has 1 saturated carbocycles. The summed E-state index contributed by atoms with van der Waals surface area (Å²) < 4.78 is 39.0. The molecule has 1 saturated heterocycles. The molecule has 0 radical (unpaired) electrons. The first kappa shape index (κ1) is 31.9. The molecular formula is C35H42N2O9. The smallest absolute Gasteiger partial charge is 0.331 e. The van der Waals surface area contributed by atoms with Gasteiger partial charge < -0.3 is 33.2 Å². The van der Waals surface area contributed by atoms with Crippen molar-refractivity contribution in [3.05, 3.63) is 59.0 Å². The van der Waals surface area contributed by atoms with Crippen molar-refractivity contribution >= 4 is 23.7 Å². The van der Waals surface area contributed by atoms with E-state index in [-0.39, 0.29) is 29.8 Å². The molecule has 11 heteroatoms. The topological polar surface area (TPSA) is 114 Å². The fourth-order valence-corrected chi connectivity index (χ4v) is 8.00. The zero-order valence-electron chi connectivity index (χ0n) is 27.2. The third kappa shape index (κ3) is 5.71. The minimum Gasteiger partial charge on any atom is -0.497 e. The molecular weight excluding hydrogens is 592 g/mol. The molecule has 2 aliphatic carbocycles. The van der Waals surface area contributed by atoms with Crippen molar-refractivity contribution in [2.45, 2.75) is 37.5 Å². The molecule has 0 N–H and O–H groups in total. The van der Waals surface area contributed by atoms with E-state index in [0.717, 1.165) is 43.1 Å². The molecule has 7 atom stereocenters. The minimum absolute atomic E-state index is 0.0151. The SMILES string of the molecule is COC(=O)[C@H]1[C@H]2C[C@@H]3C4=C(CCN3C[C@H]2C[C@@H](OC(=O)/C=C/c2cc(OC)c(OC)c(OC)c2)[C@@H]1OC)C1C=CC(OC)=CC1=N4. The zero-order chi connectivity index (χ0) is 32.5. The maximum Gasteiger partial charge on any atom is 0.331 e. The average molecular weight is 635 g/mol. The van der Waals surface area contributed by atoms with E-state index >= 15 is 0 Å². The van der Waals surface area contributed by atoms with Crippen LogP contribution in [0.2, 0.25) is 0 Å². The number of rotatable bonds is 9. The summed E-state index contributed by atoms with van der Waals surface area (Å²) in [4.78, 5) is 34.2. The fraction of sp³-hybridized carbons (Fsp3) is 0.514. The lowest BCUT2D eigenvalue weighted by Gasteiger charge is -2.53. The Balaban J connectivity index is 1.22. The number of carbonyl (C=O) groups is 2. The van der Waals surface area contributed by atoms with Crippen molar-refractivity contribution in [3.8, 4) is 17.2 Å². The number of allylic oxidation sites excluding steroid dienone is 3. The highest BCUT2D eigenvalue weighted by molar-refractivity contribution is 6.04. The molecule has 0 bridgehead atoms. The molecule has 1 aromatic rings. The highest BCUT2D eigenvalue weighted by Crippen LogP contribution is 2.49. The predicted octanol–water partition coefficient (Wildman–Crippen LogP) is 3.98. The van der Waals surface area contributed by atoms with E-state index in [9.17, 15) is 9.59 Å². The van der Waals surface area contributed by atoms with Gasteiger partial charge in [0, 0.05) is 38.3 Å². The molecule has 11 nitrogen and oxygen atoms in total. The van der Waals surface area contributed by atoms with Gasteiger partial charge in [-0.25, -0.2) is 4.79 Å². The average Bonchev–Trinajstić information content (AvgIpc) is 3.46. The van der Waals surface area contributed by atoms with E-state index in [1.54, 1.807) is 32.4 Å². The number of fused-ring (bicyclic) bond motifs is 5. The Bertz CT molecular complexity index is 1500. The number of ether oxygens (including phenoxy) is 7. The molecule has 0 aromatic heterocycles. The second-order valence-corrected chi connectivity index (χ2v) is 12.2. The Morgan fingerprint density at radius 2 is 1.74 bits per heavy atom. The fourth-order valence-electron chi connectivity index (χ4n) is 8.00. The maximum atomic E-state index is 13.4. The quantitative estimate of drug-likeness (QED) is 0.292. The summed E-state index contributed by atoms with van der Waals surface area (Å²) in [6, 6.07) is 3.58. The van der Waals surface area contributed by atoms with E-state index in [1.807, 2.05) is 12.2 Å². The third-order valence-electron chi connectivity index (χ3n) is 10.1. The van der Waals surface area contributed by atoms with Crippen LogP contribution in [0.5, 0.6) is 17.2 Å². The number of aliphatic imine (C=N–C) groups is 1. The second-order valence-electron chi connectivity index (χ2n) is 12.2. The van der Waals surface area contributed by atoms with Crippen molar-refractivity contribution in [1.82, 2.24) is 4.90 Å². The second kappa shape index (κ2) is 13.3. The van der Waals surface area contributed by atoms with Crippen LogP contribution in [0, 0.1) is 23.7 Å². The highest BCUT2D eigenvalue weighted by atomic mass is 16.6. The lowest BCUT2D eigenvalue weighted by molar-refractivity contribution is -0.186. The summed E-state index contributed by atoms with van der Waals surface area (Å²) in [6.07, 6.45) is 10.2. The summed E-state index contributed by atoms with van der Waals surface area (Å²) in [6.45, 7) is 1.69. The van der Waals surface area contributed by atoms with Gasteiger partial charge in [0.15, 0.2) is 11.5 Å². The van der Waals surface area contributed by atoms with E-state index < -0.39 is 24.1 Å². The lowest BCUT2D eigenvalue weighted by Crippen LogP contribution is -2.60. The van der Waals surface area contributed by atoms with Gasteiger partial charge in [-0.3, -0.25) is 14.7 Å². The first-order valence-corrected chi connectivity index (χ1v) is 15.6. The lowest BCUT2D eigenvalue weighted by atomic mass is 9.63. The predicted molar refractivity (Wildman–Crippen MR) is 170 cm³/mol. The largest absolute Gasteiger partial charge is 0.497 e. The number of hydrogen-bond donors (Lipinski definition) is 0. The molecule has 1 unspecified atom stereocenters. The molecule has 3 heterocycles. The molecule has 246 valence electrons. The minimum atomic E-state index is -0.650. The van der Waals surface area contributed by atoms with Gasteiger partial charge in [-0.2, -0.15) is 0 Å². The van der Waals surface area contributed by atoms with Crippen LogP contribution >= 0.6 is 0 Å². The number of carbonyl (C=O) groups excluding carboxylic acids is 2. The van der Waals surface area contributed by atoms with Crippen LogP contribution < -0.4 is 14.2 Å². The Hall–Kier alpha value is -4.09. The Labute approximate surface area is 269 Å². The van der Waals surface area contributed by atoms with Crippen LogP contribution in [0.25, 0.3) is 6.08 Å². The Morgan fingerprint density at radius 3 is 2.39 bits per heavy atom. The summed E-state index contributed by atoms with van der Waals surface area (Å²) in [5.41, 5.74) is 4.16. The summed E-state index contributed by atoms with van der Waals surface area (Å²) in [5, 5.41) is 0. The molecule has 0 amide bonds. The van der Waals surface area contributed by atoms with Crippen molar-refractivity contribution in [3.63, 3.8) is 0 Å². The monoisotopic (exact) mass is 634 g/mol. The van der Waals surface area contributed by atoms with Crippen molar-refractivity contribution in [2.24, 2.45) is 28.7 Å². The molecule has 2 fully saturated rings. The molecule has 6 rings (SSSR count). The van der Waals surface area contributed by atoms with Crippen LogP contribution in [0.4, 0.5) is 0 Å². The van der Waals surface area contributed by atoms with Gasteiger partial charge in [-0.05, 0) is 66.5 Å². The van der Waals surface area contributed by atoms with Crippen LogP contribution in [0.3, 0.4) is 0 Å². The van der Waals surface area contributed by atoms with Gasteiger partial charge in [-0.1, -0.05) is 6.08 Å². The van der Waals surface area contributed by atoms with E-state index in [0.29, 0.717) is 29.2 Å². The number of piperidine rings is 1. The molecule has 3 aliphatic heterocycles. The zero-order valence-corrected chi connectivity index (χ0v) is 27.2. The molecule has 1 aromatic carbocycles. The molecule has 5 aliphatic rings. The maximum absolute atomic E-state index is 13.4. The van der Waals surface area contributed by atoms with Gasteiger partial charge >= 0.3 is 11.9 Å². The van der Waals surface area contributed by atoms with Crippen molar-refractivity contribution in [1.29, 1.82) is 0 Å². The first-order valence-electron chi connectivity index (χ1n) is 15.6. The Kier molecular flexibility index (Phi) is 9.24. The molecule has 46 heavy (non-hydrogen) atoms. The van der Waals surface area contributed by atoms with E-state index in [1.165, 1.54) is 40.1 Å². The number of methoxy groups -OCH3 is 6. The summed E-state index contributed by atoms with van der Waals surface area (Å²) in [5.74, 6) is 1.01. The van der Waals surface area contributed by atoms with E-state index in [2.05, 4.69) is 11.0 Å².